The summed E-state index contributed by atoms with van der Waals surface area (Å²) in [5.74, 6) is 1.25. The summed E-state index contributed by atoms with van der Waals surface area (Å²) in [6, 6.07) is 20.8. The van der Waals surface area contributed by atoms with Crippen LogP contribution in [0.5, 0.6) is 11.5 Å². The van der Waals surface area contributed by atoms with Crippen LogP contribution in [0.25, 0.3) is 0 Å². The Labute approximate surface area is 188 Å². The summed E-state index contributed by atoms with van der Waals surface area (Å²) in [4.78, 5) is 12.1. The fourth-order valence-electron chi connectivity index (χ4n) is 3.14. The zero-order valence-electron chi connectivity index (χ0n) is 18.3. The molecular weight excluding hydrogens is 402 g/mol. The standard InChI is InChI=1S/C26H27N3O3/c1-4-10-22-15-21(17-27-29-26(30)28-23-14-9-8-11-19(23)2)16-24(31-3)25(22)32-18-20-12-6-5-7-13-20/h4-9,11-17H,1,10,18H2,2-3H3,(H2,28,29,30). The van der Waals surface area contributed by atoms with E-state index in [4.69, 9.17) is 9.47 Å². The molecule has 0 aliphatic carbocycles. The number of aryl methyl sites for hydroxylation is 1. The number of allylic oxidation sites excluding steroid dienone is 1. The molecule has 0 radical (unpaired) electrons. The lowest BCUT2D eigenvalue weighted by atomic mass is 10.1. The summed E-state index contributed by atoms with van der Waals surface area (Å²) in [7, 11) is 1.59. The maximum atomic E-state index is 12.1. The average molecular weight is 430 g/mol. The minimum Gasteiger partial charge on any atom is -0.493 e. The van der Waals surface area contributed by atoms with E-state index >= 15 is 0 Å². The number of ether oxygens (including phenoxy) is 2. The second-order valence-corrected chi connectivity index (χ2v) is 7.12. The maximum Gasteiger partial charge on any atom is 0.339 e. The van der Waals surface area contributed by atoms with Gasteiger partial charge in [0.2, 0.25) is 0 Å². The second-order valence-electron chi connectivity index (χ2n) is 7.12. The van der Waals surface area contributed by atoms with E-state index < -0.39 is 6.03 Å². The summed E-state index contributed by atoms with van der Waals surface area (Å²) < 4.78 is 11.6. The summed E-state index contributed by atoms with van der Waals surface area (Å²) in [6.45, 7) is 6.19. The van der Waals surface area contributed by atoms with Crippen molar-refractivity contribution in [2.45, 2.75) is 20.0 Å². The summed E-state index contributed by atoms with van der Waals surface area (Å²) in [6.07, 6.45) is 3.97. The summed E-state index contributed by atoms with van der Waals surface area (Å²) in [5.41, 5.74) is 6.93. The van der Waals surface area contributed by atoms with Gasteiger partial charge in [-0.3, -0.25) is 0 Å². The van der Waals surface area contributed by atoms with Crippen LogP contribution in [0.2, 0.25) is 0 Å². The predicted molar refractivity (Wildman–Crippen MR) is 129 cm³/mol. The molecule has 0 aliphatic heterocycles. The number of hydrogen-bond acceptors (Lipinski definition) is 4. The number of anilines is 1. The van der Waals surface area contributed by atoms with Crippen LogP contribution >= 0.6 is 0 Å². The van der Waals surface area contributed by atoms with Gasteiger partial charge in [-0.2, -0.15) is 5.10 Å². The third-order valence-electron chi connectivity index (χ3n) is 4.74. The highest BCUT2D eigenvalue weighted by atomic mass is 16.5. The number of hydrogen-bond donors (Lipinski definition) is 2. The molecule has 0 heterocycles. The third-order valence-corrected chi connectivity index (χ3v) is 4.74. The van der Waals surface area contributed by atoms with Gasteiger partial charge >= 0.3 is 6.03 Å². The number of para-hydroxylation sites is 1. The van der Waals surface area contributed by atoms with Crippen LogP contribution in [-0.2, 0) is 13.0 Å². The molecule has 0 bridgehead atoms. The van der Waals surface area contributed by atoms with Crippen molar-refractivity contribution in [2.75, 3.05) is 12.4 Å². The van der Waals surface area contributed by atoms with E-state index in [-0.39, 0.29) is 0 Å². The topological polar surface area (TPSA) is 72.0 Å². The molecule has 0 aliphatic rings. The fourth-order valence-corrected chi connectivity index (χ4v) is 3.14. The van der Waals surface area contributed by atoms with Crippen LogP contribution in [0.15, 0.2) is 84.5 Å². The van der Waals surface area contributed by atoms with Crippen molar-refractivity contribution >= 4 is 17.9 Å². The minimum absolute atomic E-state index is 0.420. The van der Waals surface area contributed by atoms with Crippen molar-refractivity contribution < 1.29 is 14.3 Å². The highest BCUT2D eigenvalue weighted by Gasteiger charge is 2.13. The molecule has 0 aromatic heterocycles. The van der Waals surface area contributed by atoms with E-state index in [0.717, 1.165) is 27.9 Å². The quantitative estimate of drug-likeness (QED) is 0.269. The Hall–Kier alpha value is -4.06. The zero-order valence-corrected chi connectivity index (χ0v) is 18.3. The number of methoxy groups -OCH3 is 1. The number of urea groups is 1. The summed E-state index contributed by atoms with van der Waals surface area (Å²) >= 11 is 0. The molecule has 3 aromatic carbocycles. The molecule has 6 nitrogen and oxygen atoms in total. The van der Waals surface area contributed by atoms with E-state index in [1.165, 1.54) is 0 Å². The van der Waals surface area contributed by atoms with Crippen LogP contribution in [0, 0.1) is 6.92 Å². The van der Waals surface area contributed by atoms with Crippen molar-refractivity contribution in [3.05, 3.63) is 102 Å². The molecule has 6 heteroatoms. The number of nitrogens with one attached hydrogen (secondary N) is 2. The molecule has 0 saturated carbocycles. The monoisotopic (exact) mass is 429 g/mol. The lowest BCUT2D eigenvalue weighted by Crippen LogP contribution is -2.24. The Bertz CT molecular complexity index is 1090. The fraction of sp³-hybridized carbons (Fsp3) is 0.154. The van der Waals surface area contributed by atoms with E-state index in [1.54, 1.807) is 19.4 Å². The van der Waals surface area contributed by atoms with Crippen molar-refractivity contribution in [1.82, 2.24) is 5.43 Å². The smallest absolute Gasteiger partial charge is 0.339 e. The van der Waals surface area contributed by atoms with Gasteiger partial charge in [0.05, 0.1) is 13.3 Å². The highest BCUT2D eigenvalue weighted by molar-refractivity contribution is 5.91. The first kappa shape index (κ1) is 22.6. The Morgan fingerprint density at radius 1 is 1.09 bits per heavy atom. The van der Waals surface area contributed by atoms with Gasteiger partial charge in [0.15, 0.2) is 11.5 Å². The van der Waals surface area contributed by atoms with Gasteiger partial charge in [0.25, 0.3) is 0 Å². The molecule has 3 aromatic rings. The zero-order chi connectivity index (χ0) is 22.8. The lowest BCUT2D eigenvalue weighted by molar-refractivity contribution is 0.252. The van der Waals surface area contributed by atoms with E-state index in [1.807, 2.05) is 73.7 Å². The summed E-state index contributed by atoms with van der Waals surface area (Å²) in [5, 5.41) is 6.83. The Balaban J connectivity index is 1.72. The molecule has 0 spiro atoms. The van der Waals surface area contributed by atoms with Gasteiger partial charge in [-0.25, -0.2) is 10.2 Å². The molecule has 0 unspecified atom stereocenters. The molecule has 0 fully saturated rings. The van der Waals surface area contributed by atoms with Crippen molar-refractivity contribution in [3.63, 3.8) is 0 Å². The molecule has 164 valence electrons. The average Bonchev–Trinajstić information content (AvgIpc) is 2.80. The predicted octanol–water partition coefficient (Wildman–Crippen LogP) is 5.47. The lowest BCUT2D eigenvalue weighted by Gasteiger charge is -2.16. The normalized spacial score (nSPS) is 10.6. The van der Waals surface area contributed by atoms with Crippen molar-refractivity contribution in [3.8, 4) is 11.5 Å². The van der Waals surface area contributed by atoms with Crippen molar-refractivity contribution in [2.24, 2.45) is 5.10 Å². The molecule has 2 amide bonds. The van der Waals surface area contributed by atoms with E-state index in [9.17, 15) is 4.79 Å². The molecule has 0 atom stereocenters. The van der Waals surface area contributed by atoms with Crippen LogP contribution < -0.4 is 20.2 Å². The number of carbonyl (C=O) groups is 1. The van der Waals surface area contributed by atoms with Gasteiger partial charge < -0.3 is 14.8 Å². The Morgan fingerprint density at radius 2 is 1.84 bits per heavy atom. The SMILES string of the molecule is C=CCc1cc(C=NNC(=O)Nc2ccccc2C)cc(OC)c1OCc1ccccc1. The van der Waals surface area contributed by atoms with Gasteiger partial charge in [-0.05, 0) is 48.2 Å². The largest absolute Gasteiger partial charge is 0.493 e. The number of nitrogens with zero attached hydrogens (tertiary/aromatic N) is 1. The molecule has 0 saturated heterocycles. The Kier molecular flexibility index (Phi) is 8.03. The van der Waals surface area contributed by atoms with Crippen molar-refractivity contribution in [1.29, 1.82) is 0 Å². The third kappa shape index (κ3) is 6.22. The van der Waals surface area contributed by atoms with Crippen LogP contribution in [0.1, 0.15) is 22.3 Å². The maximum absolute atomic E-state index is 12.1. The van der Waals surface area contributed by atoms with Crippen LogP contribution in [0.4, 0.5) is 10.5 Å². The number of carbonyl (C=O) groups excluding carboxylic acids is 1. The number of hydrazone groups is 1. The van der Waals surface area contributed by atoms with Gasteiger partial charge in [-0.15, -0.1) is 6.58 Å². The first-order valence-electron chi connectivity index (χ1n) is 10.2. The minimum atomic E-state index is -0.420. The first-order chi connectivity index (χ1) is 15.6. The Morgan fingerprint density at radius 3 is 2.56 bits per heavy atom. The van der Waals surface area contributed by atoms with E-state index in [0.29, 0.717) is 24.5 Å². The molecule has 3 rings (SSSR count). The van der Waals surface area contributed by atoms with Gasteiger partial charge in [-0.1, -0.05) is 54.6 Å². The van der Waals surface area contributed by atoms with Crippen LogP contribution in [0.3, 0.4) is 0 Å². The highest BCUT2D eigenvalue weighted by Crippen LogP contribution is 2.34. The second kappa shape index (κ2) is 11.4. The molecule has 32 heavy (non-hydrogen) atoms. The van der Waals surface area contributed by atoms with Gasteiger partial charge in [0.1, 0.15) is 6.61 Å². The molecule has 2 N–H and O–H groups in total. The number of benzene rings is 3. The van der Waals surface area contributed by atoms with Gasteiger partial charge in [0, 0.05) is 11.3 Å². The van der Waals surface area contributed by atoms with E-state index in [2.05, 4.69) is 22.4 Å². The first-order valence-corrected chi connectivity index (χ1v) is 10.2. The number of rotatable bonds is 9. The number of amides is 2. The van der Waals surface area contributed by atoms with Crippen LogP contribution in [-0.4, -0.2) is 19.4 Å². The molecular formula is C26H27N3O3.